The van der Waals surface area contributed by atoms with Crippen molar-refractivity contribution in [3.05, 3.63) is 101 Å². The zero-order valence-electron chi connectivity index (χ0n) is 22.3. The molecule has 0 spiro atoms. The number of benzene rings is 3. The number of hydrogen-bond acceptors (Lipinski definition) is 3. The maximum atomic E-state index is 14.7. The summed E-state index contributed by atoms with van der Waals surface area (Å²) in [5, 5.41) is 2.93. The molecule has 2 amide bonds. The predicted molar refractivity (Wildman–Crippen MR) is 145 cm³/mol. The highest BCUT2D eigenvalue weighted by atomic mass is 19.1. The second-order valence-corrected chi connectivity index (χ2v) is 10.5. The van der Waals surface area contributed by atoms with Crippen molar-refractivity contribution < 1.29 is 18.7 Å². The molecule has 6 heteroatoms. The molecule has 0 bridgehead atoms. The highest BCUT2D eigenvalue weighted by Gasteiger charge is 2.32. The Kier molecular flexibility index (Phi) is 9.45. The molecule has 3 aromatic rings. The molecule has 0 heterocycles. The number of carbonyl (C=O) groups is 2. The average Bonchev–Trinajstić information content (AvgIpc) is 2.85. The number of nitrogens with zero attached hydrogens (tertiary/aromatic N) is 1. The largest absolute Gasteiger partial charge is 0.483 e. The molecular weight excluding hydrogens is 467 g/mol. The van der Waals surface area contributed by atoms with Crippen LogP contribution in [-0.4, -0.2) is 35.4 Å². The van der Waals surface area contributed by atoms with Crippen LogP contribution in [0.1, 0.15) is 51.3 Å². The molecule has 37 heavy (non-hydrogen) atoms. The minimum Gasteiger partial charge on any atom is -0.483 e. The summed E-state index contributed by atoms with van der Waals surface area (Å²) in [5.41, 5.74) is 2.03. The van der Waals surface area contributed by atoms with Crippen LogP contribution in [-0.2, 0) is 28.0 Å². The van der Waals surface area contributed by atoms with Crippen molar-refractivity contribution in [3.8, 4) is 5.75 Å². The lowest BCUT2D eigenvalue weighted by Gasteiger charge is -2.32. The van der Waals surface area contributed by atoms with Gasteiger partial charge in [-0.05, 0) is 42.5 Å². The van der Waals surface area contributed by atoms with Crippen molar-refractivity contribution in [2.45, 2.75) is 65.1 Å². The van der Waals surface area contributed by atoms with Crippen molar-refractivity contribution in [1.29, 1.82) is 0 Å². The fraction of sp³-hybridized carbons (Fsp3) is 0.355. The molecule has 0 aromatic heterocycles. The zero-order chi connectivity index (χ0) is 27.0. The molecule has 3 aromatic carbocycles. The number of rotatable bonds is 10. The second kappa shape index (κ2) is 12.5. The minimum atomic E-state index is -0.849. The maximum Gasteiger partial charge on any atom is 0.261 e. The lowest BCUT2D eigenvalue weighted by atomic mass is 9.86. The van der Waals surface area contributed by atoms with E-state index in [1.807, 2.05) is 68.4 Å². The Morgan fingerprint density at radius 3 is 2.19 bits per heavy atom. The van der Waals surface area contributed by atoms with Gasteiger partial charge in [-0.25, -0.2) is 4.39 Å². The summed E-state index contributed by atoms with van der Waals surface area (Å²) >= 11 is 0. The topological polar surface area (TPSA) is 58.6 Å². The van der Waals surface area contributed by atoms with Crippen LogP contribution in [0.5, 0.6) is 5.75 Å². The molecule has 0 unspecified atom stereocenters. The van der Waals surface area contributed by atoms with Gasteiger partial charge in [0, 0.05) is 24.6 Å². The van der Waals surface area contributed by atoms with E-state index in [9.17, 15) is 14.0 Å². The van der Waals surface area contributed by atoms with Crippen molar-refractivity contribution >= 4 is 11.8 Å². The van der Waals surface area contributed by atoms with Crippen LogP contribution in [0.25, 0.3) is 0 Å². The molecule has 0 aliphatic carbocycles. The lowest BCUT2D eigenvalue weighted by molar-refractivity contribution is -0.143. The van der Waals surface area contributed by atoms with Crippen LogP contribution < -0.4 is 10.1 Å². The molecule has 1 atom stereocenters. The van der Waals surface area contributed by atoms with Crippen LogP contribution >= 0.6 is 0 Å². The van der Waals surface area contributed by atoms with Gasteiger partial charge < -0.3 is 15.0 Å². The van der Waals surface area contributed by atoms with Crippen LogP contribution in [0.15, 0.2) is 78.9 Å². The van der Waals surface area contributed by atoms with Crippen molar-refractivity contribution in [3.63, 3.8) is 0 Å². The molecule has 3 rings (SSSR count). The third-order valence-corrected chi connectivity index (χ3v) is 6.05. The summed E-state index contributed by atoms with van der Waals surface area (Å²) in [6.07, 6.45) is 0.290. The first kappa shape index (κ1) is 27.9. The lowest BCUT2D eigenvalue weighted by Crippen LogP contribution is -2.53. The smallest absolute Gasteiger partial charge is 0.261 e. The van der Waals surface area contributed by atoms with Gasteiger partial charge in [0.05, 0.1) is 0 Å². The van der Waals surface area contributed by atoms with E-state index in [1.165, 1.54) is 11.0 Å². The van der Waals surface area contributed by atoms with Crippen molar-refractivity contribution in [1.82, 2.24) is 10.2 Å². The summed E-state index contributed by atoms with van der Waals surface area (Å²) in [5.74, 6) is -0.507. The highest BCUT2D eigenvalue weighted by Crippen LogP contribution is 2.31. The fourth-order valence-electron chi connectivity index (χ4n) is 4.18. The Balaban J connectivity index is 1.95. The van der Waals surface area contributed by atoms with Gasteiger partial charge in [-0.3, -0.25) is 9.59 Å². The zero-order valence-corrected chi connectivity index (χ0v) is 22.3. The molecular formula is C31H37FN2O3. The normalized spacial score (nSPS) is 12.2. The molecule has 0 aliphatic heterocycles. The van der Waals surface area contributed by atoms with Crippen molar-refractivity contribution in [2.24, 2.45) is 0 Å². The van der Waals surface area contributed by atoms with Gasteiger partial charge in [-0.1, -0.05) is 87.5 Å². The number of ether oxygens (including phenoxy) is 1. The minimum absolute atomic E-state index is 0.0567. The number of hydrogen-bond donors (Lipinski definition) is 1. The number of halogens is 1. The molecule has 5 nitrogen and oxygen atoms in total. The monoisotopic (exact) mass is 504 g/mol. The number of amides is 2. The Hall–Kier alpha value is -3.67. The SMILES string of the molecule is CC(C)NC(=O)[C@@H](Cc1ccccc1)N(Cc1ccccc1F)C(=O)COc1ccccc1C(C)(C)C. The van der Waals surface area contributed by atoms with Crippen LogP contribution in [0, 0.1) is 5.82 Å². The van der Waals surface area contributed by atoms with E-state index in [-0.39, 0.29) is 36.9 Å². The van der Waals surface area contributed by atoms with Gasteiger partial charge in [-0.15, -0.1) is 0 Å². The van der Waals surface area contributed by atoms with Gasteiger partial charge in [0.25, 0.3) is 5.91 Å². The Bertz CT molecular complexity index is 1190. The summed E-state index contributed by atoms with van der Waals surface area (Å²) in [4.78, 5) is 28.5. The summed E-state index contributed by atoms with van der Waals surface area (Å²) in [6.45, 7) is 9.63. The molecule has 0 aliphatic rings. The second-order valence-electron chi connectivity index (χ2n) is 10.5. The molecule has 196 valence electrons. The Labute approximate surface area is 219 Å². The van der Waals surface area contributed by atoms with Crippen LogP contribution in [0.4, 0.5) is 4.39 Å². The molecule has 0 saturated heterocycles. The van der Waals surface area contributed by atoms with Gasteiger partial charge in [0.15, 0.2) is 6.61 Å². The van der Waals surface area contributed by atoms with E-state index in [4.69, 9.17) is 4.74 Å². The third-order valence-electron chi connectivity index (χ3n) is 6.05. The van der Waals surface area contributed by atoms with Gasteiger partial charge in [0.1, 0.15) is 17.6 Å². The van der Waals surface area contributed by atoms with Gasteiger partial charge in [-0.2, -0.15) is 0 Å². The molecule has 0 saturated carbocycles. The predicted octanol–water partition coefficient (Wildman–Crippen LogP) is 5.67. The van der Waals surface area contributed by atoms with E-state index >= 15 is 0 Å². The van der Waals surface area contributed by atoms with Crippen LogP contribution in [0.2, 0.25) is 0 Å². The number of para-hydroxylation sites is 1. The van der Waals surface area contributed by atoms with Crippen LogP contribution in [0.3, 0.4) is 0 Å². The first-order chi connectivity index (χ1) is 17.6. The molecule has 0 fully saturated rings. The average molecular weight is 505 g/mol. The Morgan fingerprint density at radius 1 is 0.919 bits per heavy atom. The maximum absolute atomic E-state index is 14.7. The quantitative estimate of drug-likeness (QED) is 0.387. The van der Waals surface area contributed by atoms with E-state index < -0.39 is 17.8 Å². The molecule has 0 radical (unpaired) electrons. The third kappa shape index (κ3) is 7.91. The summed E-state index contributed by atoms with van der Waals surface area (Å²) < 4.78 is 20.7. The van der Waals surface area contributed by atoms with Gasteiger partial charge in [0.2, 0.25) is 5.91 Å². The van der Waals surface area contributed by atoms with Gasteiger partial charge >= 0.3 is 0 Å². The highest BCUT2D eigenvalue weighted by molar-refractivity contribution is 5.88. The summed E-state index contributed by atoms with van der Waals surface area (Å²) in [7, 11) is 0. The number of nitrogens with one attached hydrogen (secondary N) is 1. The van der Waals surface area contributed by atoms with E-state index in [0.717, 1.165) is 11.1 Å². The van der Waals surface area contributed by atoms with Crippen molar-refractivity contribution in [2.75, 3.05) is 6.61 Å². The first-order valence-corrected chi connectivity index (χ1v) is 12.7. The van der Waals surface area contributed by atoms with E-state index in [2.05, 4.69) is 26.1 Å². The number of carbonyl (C=O) groups excluding carboxylic acids is 2. The van der Waals surface area contributed by atoms with E-state index in [1.54, 1.807) is 18.2 Å². The van der Waals surface area contributed by atoms with E-state index in [0.29, 0.717) is 11.3 Å². The first-order valence-electron chi connectivity index (χ1n) is 12.7. The standard InChI is InChI=1S/C31H37FN2O3/c1-22(2)33-30(36)27(19-23-13-7-6-8-14-23)34(20-24-15-9-11-17-26(24)32)29(35)21-37-28-18-12-10-16-25(28)31(3,4)5/h6-18,22,27H,19-21H2,1-5H3,(H,33,36)/t27-/m1/s1. The Morgan fingerprint density at radius 2 is 1.54 bits per heavy atom. The fourth-order valence-corrected chi connectivity index (χ4v) is 4.18. The summed E-state index contributed by atoms with van der Waals surface area (Å²) in [6, 6.07) is 22.5. The molecule has 1 N–H and O–H groups in total.